The first kappa shape index (κ1) is 15.4. The quantitative estimate of drug-likeness (QED) is 0.770. The van der Waals surface area contributed by atoms with Gasteiger partial charge in [0.05, 0.1) is 6.04 Å². The van der Waals surface area contributed by atoms with Crippen molar-refractivity contribution in [2.45, 2.75) is 39.8 Å². The molecule has 0 saturated carbocycles. The van der Waals surface area contributed by atoms with Gasteiger partial charge >= 0.3 is 12.0 Å². The predicted octanol–water partition coefficient (Wildman–Crippen LogP) is 1.92. The summed E-state index contributed by atoms with van der Waals surface area (Å²) in [6.07, 6.45) is 0. The van der Waals surface area contributed by atoms with Gasteiger partial charge in [0.2, 0.25) is 0 Å². The summed E-state index contributed by atoms with van der Waals surface area (Å²) in [5.74, 6) is -1.22. The number of hydrogen-bond acceptors (Lipinski definition) is 4. The Balaban J connectivity index is 2.57. The number of nitrogens with zero attached hydrogens (tertiary/aromatic N) is 1. The Bertz CT molecular complexity index is 459. The Labute approximate surface area is 116 Å². The summed E-state index contributed by atoms with van der Waals surface area (Å²) in [4.78, 5) is 27.0. The highest BCUT2D eigenvalue weighted by Gasteiger charge is 2.24. The number of urea groups is 1. The average Bonchev–Trinajstić information content (AvgIpc) is 2.72. The number of aromatic nitrogens is 1. The fourth-order valence-corrected chi connectivity index (χ4v) is 2.33. The molecule has 0 saturated heterocycles. The molecular formula is C12H19N3O3S. The molecule has 7 heteroatoms. The van der Waals surface area contributed by atoms with Gasteiger partial charge in [-0.05, 0) is 19.8 Å². The zero-order valence-electron chi connectivity index (χ0n) is 11.4. The first-order valence-corrected chi connectivity index (χ1v) is 6.91. The van der Waals surface area contributed by atoms with E-state index in [9.17, 15) is 9.59 Å². The standard InChI is InChI=1S/C12H19N3O3S/c1-6(2)9(11(16)17)15-12(18)14-8(4)10-13-7(3)5-19-10/h5-6,8-9H,1-4H3,(H,16,17)(H2,14,15,18)/t8?,9-/m1/s1. The third-order valence-electron chi connectivity index (χ3n) is 2.57. The number of aryl methyl sites for hydroxylation is 1. The zero-order chi connectivity index (χ0) is 14.6. The fraction of sp³-hybridized carbons (Fsp3) is 0.583. The third kappa shape index (κ3) is 4.51. The van der Waals surface area contributed by atoms with Gasteiger partial charge in [-0.1, -0.05) is 13.8 Å². The number of aliphatic carboxylic acids is 1. The molecule has 0 spiro atoms. The molecule has 1 aromatic rings. The molecule has 0 bridgehead atoms. The van der Waals surface area contributed by atoms with E-state index in [1.807, 2.05) is 19.2 Å². The van der Waals surface area contributed by atoms with Gasteiger partial charge in [0.15, 0.2) is 0 Å². The van der Waals surface area contributed by atoms with Gasteiger partial charge in [0.25, 0.3) is 0 Å². The Kier molecular flexibility index (Phi) is 5.29. The molecular weight excluding hydrogens is 266 g/mol. The Morgan fingerprint density at radius 1 is 1.32 bits per heavy atom. The molecule has 2 atom stereocenters. The van der Waals surface area contributed by atoms with Gasteiger partial charge in [-0.2, -0.15) is 0 Å². The summed E-state index contributed by atoms with van der Waals surface area (Å²) < 4.78 is 0. The van der Waals surface area contributed by atoms with Crippen molar-refractivity contribution in [3.05, 3.63) is 16.1 Å². The maximum atomic E-state index is 11.7. The van der Waals surface area contributed by atoms with Crippen LogP contribution in [0.5, 0.6) is 0 Å². The second-order valence-corrected chi connectivity index (χ2v) is 5.62. The number of nitrogens with one attached hydrogen (secondary N) is 2. The summed E-state index contributed by atoms with van der Waals surface area (Å²) >= 11 is 1.46. The van der Waals surface area contributed by atoms with Crippen molar-refractivity contribution < 1.29 is 14.7 Å². The van der Waals surface area contributed by atoms with Gasteiger partial charge in [-0.15, -0.1) is 11.3 Å². The van der Waals surface area contributed by atoms with Crippen LogP contribution in [-0.2, 0) is 4.79 Å². The van der Waals surface area contributed by atoms with Crippen LogP contribution in [0.3, 0.4) is 0 Å². The van der Waals surface area contributed by atoms with E-state index in [0.29, 0.717) is 0 Å². The number of hydrogen-bond donors (Lipinski definition) is 3. The van der Waals surface area contributed by atoms with Crippen LogP contribution >= 0.6 is 11.3 Å². The number of carboxylic acids is 1. The summed E-state index contributed by atoms with van der Waals surface area (Å²) in [7, 11) is 0. The van der Waals surface area contributed by atoms with Gasteiger partial charge in [-0.25, -0.2) is 14.6 Å². The maximum Gasteiger partial charge on any atom is 0.326 e. The van der Waals surface area contributed by atoms with Gasteiger partial charge in [0.1, 0.15) is 11.0 Å². The van der Waals surface area contributed by atoms with Crippen molar-refractivity contribution in [3.8, 4) is 0 Å². The fourth-order valence-electron chi connectivity index (χ4n) is 1.53. The highest BCUT2D eigenvalue weighted by Crippen LogP contribution is 2.17. The van der Waals surface area contributed by atoms with Crippen molar-refractivity contribution in [3.63, 3.8) is 0 Å². The molecule has 106 valence electrons. The van der Waals surface area contributed by atoms with Crippen LogP contribution in [0.2, 0.25) is 0 Å². The minimum Gasteiger partial charge on any atom is -0.480 e. The first-order valence-electron chi connectivity index (χ1n) is 6.03. The second-order valence-electron chi connectivity index (χ2n) is 4.73. The second kappa shape index (κ2) is 6.51. The number of carboxylic acid groups (broad SMARTS) is 1. The highest BCUT2D eigenvalue weighted by molar-refractivity contribution is 7.09. The van der Waals surface area contributed by atoms with Crippen molar-refractivity contribution >= 4 is 23.3 Å². The van der Waals surface area contributed by atoms with E-state index in [1.54, 1.807) is 13.8 Å². The number of carbonyl (C=O) groups excluding carboxylic acids is 1. The van der Waals surface area contributed by atoms with Crippen LogP contribution in [-0.4, -0.2) is 28.1 Å². The molecule has 1 rings (SSSR count). The Morgan fingerprint density at radius 2 is 1.95 bits per heavy atom. The van der Waals surface area contributed by atoms with Crippen molar-refractivity contribution in [1.29, 1.82) is 0 Å². The van der Waals surface area contributed by atoms with E-state index < -0.39 is 18.0 Å². The Morgan fingerprint density at radius 3 is 2.37 bits per heavy atom. The van der Waals surface area contributed by atoms with Crippen LogP contribution in [0.4, 0.5) is 4.79 Å². The molecule has 2 amide bonds. The lowest BCUT2D eigenvalue weighted by Crippen LogP contribution is -2.49. The number of thiazole rings is 1. The highest BCUT2D eigenvalue weighted by atomic mass is 32.1. The van der Waals surface area contributed by atoms with E-state index in [-0.39, 0.29) is 12.0 Å². The van der Waals surface area contributed by atoms with Crippen molar-refractivity contribution in [1.82, 2.24) is 15.6 Å². The van der Waals surface area contributed by atoms with Crippen LogP contribution in [0.15, 0.2) is 5.38 Å². The lowest BCUT2D eigenvalue weighted by Gasteiger charge is -2.19. The molecule has 1 aromatic heterocycles. The van der Waals surface area contributed by atoms with Crippen LogP contribution in [0, 0.1) is 12.8 Å². The van der Waals surface area contributed by atoms with E-state index in [1.165, 1.54) is 11.3 Å². The number of rotatable bonds is 5. The lowest BCUT2D eigenvalue weighted by atomic mass is 10.1. The zero-order valence-corrected chi connectivity index (χ0v) is 12.2. The number of carbonyl (C=O) groups is 2. The molecule has 0 aliphatic carbocycles. The van der Waals surface area contributed by atoms with Crippen LogP contribution in [0.1, 0.15) is 37.5 Å². The lowest BCUT2D eigenvalue weighted by molar-refractivity contribution is -0.140. The maximum absolute atomic E-state index is 11.7. The van der Waals surface area contributed by atoms with E-state index in [0.717, 1.165) is 10.7 Å². The number of amides is 2. The van der Waals surface area contributed by atoms with E-state index in [4.69, 9.17) is 5.11 Å². The van der Waals surface area contributed by atoms with E-state index in [2.05, 4.69) is 15.6 Å². The average molecular weight is 285 g/mol. The van der Waals surface area contributed by atoms with Crippen LogP contribution in [0.25, 0.3) is 0 Å². The SMILES string of the molecule is Cc1csc(C(C)NC(=O)N[C@@H](C(=O)O)C(C)C)n1. The molecule has 0 fully saturated rings. The normalized spacial score (nSPS) is 13.9. The van der Waals surface area contributed by atoms with E-state index >= 15 is 0 Å². The minimum atomic E-state index is -1.04. The van der Waals surface area contributed by atoms with Gasteiger partial charge in [-0.3, -0.25) is 0 Å². The van der Waals surface area contributed by atoms with Crippen molar-refractivity contribution in [2.75, 3.05) is 0 Å². The summed E-state index contributed by atoms with van der Waals surface area (Å²) in [5.41, 5.74) is 0.902. The Hall–Kier alpha value is -1.63. The van der Waals surface area contributed by atoms with Gasteiger partial charge in [0, 0.05) is 11.1 Å². The predicted molar refractivity (Wildman–Crippen MR) is 73.2 cm³/mol. The summed E-state index contributed by atoms with van der Waals surface area (Å²) in [5, 5.41) is 16.8. The molecule has 0 aliphatic heterocycles. The molecule has 19 heavy (non-hydrogen) atoms. The molecule has 0 aliphatic rings. The molecule has 1 unspecified atom stereocenters. The first-order chi connectivity index (χ1) is 8.81. The van der Waals surface area contributed by atoms with Crippen LogP contribution < -0.4 is 10.6 Å². The summed E-state index contributed by atoms with van der Waals surface area (Å²) in [6.45, 7) is 7.17. The largest absolute Gasteiger partial charge is 0.480 e. The minimum absolute atomic E-state index is 0.180. The van der Waals surface area contributed by atoms with Gasteiger partial charge < -0.3 is 15.7 Å². The molecule has 3 N–H and O–H groups in total. The third-order valence-corrected chi connectivity index (χ3v) is 3.72. The smallest absolute Gasteiger partial charge is 0.326 e. The summed E-state index contributed by atoms with van der Waals surface area (Å²) in [6, 6.07) is -1.65. The monoisotopic (exact) mass is 285 g/mol. The topological polar surface area (TPSA) is 91.3 Å². The molecule has 0 radical (unpaired) electrons. The van der Waals surface area contributed by atoms with Crippen molar-refractivity contribution in [2.24, 2.45) is 5.92 Å². The molecule has 6 nitrogen and oxygen atoms in total. The molecule has 0 aromatic carbocycles. The molecule has 1 heterocycles.